The summed E-state index contributed by atoms with van der Waals surface area (Å²) in [5.41, 5.74) is 0. The minimum absolute atomic E-state index is 0.0295. The van der Waals surface area contributed by atoms with Crippen molar-refractivity contribution in [2.75, 3.05) is 7.11 Å². The third-order valence-electron chi connectivity index (χ3n) is 8.90. The highest BCUT2D eigenvalue weighted by Crippen LogP contribution is 2.39. The van der Waals surface area contributed by atoms with E-state index in [0.717, 1.165) is 25.5 Å². The van der Waals surface area contributed by atoms with Crippen molar-refractivity contribution in [3.05, 3.63) is 0 Å². The fourth-order valence-corrected chi connectivity index (χ4v) is 6.54. The van der Waals surface area contributed by atoms with Gasteiger partial charge in [-0.05, 0) is 24.6 Å². The van der Waals surface area contributed by atoms with E-state index in [-0.39, 0.29) is 29.5 Å². The Morgan fingerprint density at radius 1 is 0.692 bits per heavy atom. The smallest absolute Gasteiger partial charge is 0.311 e. The van der Waals surface area contributed by atoms with Crippen LogP contribution in [0.4, 0.5) is 0 Å². The van der Waals surface area contributed by atoms with Crippen LogP contribution in [0.15, 0.2) is 0 Å². The third kappa shape index (κ3) is 19.9. The Balaban J connectivity index is 3.92. The summed E-state index contributed by atoms with van der Waals surface area (Å²) >= 11 is 0. The number of ether oxygens (including phenoxy) is 1. The van der Waals surface area contributed by atoms with Gasteiger partial charge in [-0.1, -0.05) is 156 Å². The second-order valence-electron chi connectivity index (χ2n) is 13.5. The highest BCUT2D eigenvalue weighted by atomic mass is 28.4. The van der Waals surface area contributed by atoms with E-state index >= 15 is 0 Å². The first-order valence-corrected chi connectivity index (χ1v) is 19.7. The van der Waals surface area contributed by atoms with Crippen LogP contribution < -0.4 is 0 Å². The first-order valence-electron chi connectivity index (χ1n) is 16.8. The number of methoxy groups -OCH3 is 1. The molecule has 0 bridgehead atoms. The van der Waals surface area contributed by atoms with Crippen molar-refractivity contribution in [3.8, 4) is 0 Å². The van der Waals surface area contributed by atoms with Crippen LogP contribution >= 0.6 is 0 Å². The summed E-state index contributed by atoms with van der Waals surface area (Å²) in [6, 6.07) is 0. The van der Waals surface area contributed by atoms with Gasteiger partial charge in [-0.2, -0.15) is 0 Å². The fraction of sp³-hybridized carbons (Fsp3) is 0.941. The molecule has 0 N–H and O–H groups in total. The van der Waals surface area contributed by atoms with Crippen molar-refractivity contribution in [2.45, 2.75) is 193 Å². The molecule has 0 aromatic rings. The molecule has 0 saturated heterocycles. The van der Waals surface area contributed by atoms with Crippen molar-refractivity contribution >= 4 is 20.6 Å². The number of unbranched alkanes of at least 4 members (excludes halogenated alkanes) is 19. The third-order valence-corrected chi connectivity index (χ3v) is 13.4. The minimum Gasteiger partial charge on any atom is -0.469 e. The Morgan fingerprint density at radius 3 is 1.36 bits per heavy atom. The normalized spacial score (nSPS) is 13.8. The van der Waals surface area contributed by atoms with Crippen molar-refractivity contribution in [1.29, 1.82) is 0 Å². The maximum absolute atomic E-state index is 12.6. The van der Waals surface area contributed by atoms with Crippen LogP contribution in [0.2, 0.25) is 18.1 Å². The highest BCUT2D eigenvalue weighted by molar-refractivity contribution is 6.74. The largest absolute Gasteiger partial charge is 0.469 e. The maximum atomic E-state index is 12.6. The fourth-order valence-electron chi connectivity index (χ4n) is 5.17. The molecule has 0 amide bonds. The second-order valence-corrected chi connectivity index (χ2v) is 18.2. The van der Waals surface area contributed by atoms with Crippen LogP contribution in [-0.2, 0) is 18.8 Å². The first kappa shape index (κ1) is 38.3. The molecule has 0 aliphatic heterocycles. The Morgan fingerprint density at radius 2 is 1.05 bits per heavy atom. The number of esters is 1. The number of hydrogen-bond acceptors (Lipinski definition) is 4. The van der Waals surface area contributed by atoms with E-state index in [0.29, 0.717) is 0 Å². The topological polar surface area (TPSA) is 52.6 Å². The SMILES string of the molecule is CCCCCCCCCCCCCCCCCCCCCC[C@@H](C(=O)OC)[C@@H](CC=O)O[Si](C)(C)C(C)(C)C. The number of aldehydes is 1. The van der Waals surface area contributed by atoms with Crippen LogP contribution in [0.1, 0.15) is 169 Å². The molecule has 0 spiro atoms. The molecule has 0 aromatic heterocycles. The van der Waals surface area contributed by atoms with Crippen molar-refractivity contribution in [2.24, 2.45) is 5.92 Å². The molecule has 39 heavy (non-hydrogen) atoms. The van der Waals surface area contributed by atoms with Gasteiger partial charge in [-0.25, -0.2) is 0 Å². The molecule has 2 atom stereocenters. The quantitative estimate of drug-likeness (QED) is 0.0428. The van der Waals surface area contributed by atoms with Gasteiger partial charge in [-0.15, -0.1) is 0 Å². The van der Waals surface area contributed by atoms with Crippen LogP contribution in [0, 0.1) is 5.92 Å². The van der Waals surface area contributed by atoms with Crippen LogP contribution in [0.5, 0.6) is 0 Å². The van der Waals surface area contributed by atoms with Crippen LogP contribution in [-0.4, -0.2) is 33.8 Å². The summed E-state index contributed by atoms with van der Waals surface area (Å²) in [5.74, 6) is -0.594. The molecule has 0 saturated carbocycles. The van der Waals surface area contributed by atoms with Gasteiger partial charge in [-0.3, -0.25) is 4.79 Å². The van der Waals surface area contributed by atoms with E-state index in [1.54, 1.807) is 0 Å². The van der Waals surface area contributed by atoms with E-state index in [1.165, 1.54) is 123 Å². The van der Waals surface area contributed by atoms with Crippen molar-refractivity contribution in [3.63, 3.8) is 0 Å². The van der Waals surface area contributed by atoms with Gasteiger partial charge >= 0.3 is 5.97 Å². The molecule has 0 unspecified atom stereocenters. The molecule has 232 valence electrons. The average molecular weight is 569 g/mol. The second kappa shape index (κ2) is 24.0. The van der Waals surface area contributed by atoms with Gasteiger partial charge in [0.25, 0.3) is 0 Å². The zero-order chi connectivity index (χ0) is 29.4. The standard InChI is InChI=1S/C34H68O4Si/c1-8-9-10-11-12-13-14-15-16-17-18-19-20-21-22-23-24-25-26-27-28-31(33(36)37-5)32(29-30-35)38-39(6,7)34(2,3)4/h30-32H,8-29H2,1-7H3/t31-,32-/m1/s1. The molecule has 4 nitrogen and oxygen atoms in total. The first-order chi connectivity index (χ1) is 18.6. The number of carbonyl (C=O) groups excluding carboxylic acids is 2. The van der Waals surface area contributed by atoms with Gasteiger partial charge in [0.15, 0.2) is 8.32 Å². The van der Waals surface area contributed by atoms with Gasteiger partial charge in [0, 0.05) is 6.42 Å². The lowest BCUT2D eigenvalue weighted by Crippen LogP contribution is -2.47. The summed E-state index contributed by atoms with van der Waals surface area (Å²) in [6.45, 7) is 13.2. The Hall–Kier alpha value is -0.683. The predicted molar refractivity (Wildman–Crippen MR) is 171 cm³/mol. The zero-order valence-corrected chi connectivity index (χ0v) is 28.4. The Labute approximate surface area is 245 Å². The van der Waals surface area contributed by atoms with Crippen LogP contribution in [0.25, 0.3) is 0 Å². The van der Waals surface area contributed by atoms with Crippen molar-refractivity contribution in [1.82, 2.24) is 0 Å². The summed E-state index contributed by atoms with van der Waals surface area (Å²) < 4.78 is 11.6. The zero-order valence-electron chi connectivity index (χ0n) is 27.4. The molecule has 0 radical (unpaired) electrons. The maximum Gasteiger partial charge on any atom is 0.311 e. The van der Waals surface area contributed by atoms with Crippen molar-refractivity contribution < 1.29 is 18.8 Å². The van der Waals surface area contributed by atoms with Gasteiger partial charge in [0.05, 0.1) is 19.1 Å². The number of rotatable bonds is 27. The average Bonchev–Trinajstić information content (AvgIpc) is 2.88. The van der Waals surface area contributed by atoms with Crippen LogP contribution in [0.3, 0.4) is 0 Å². The Bertz CT molecular complexity index is 584. The van der Waals surface area contributed by atoms with Gasteiger partial charge < -0.3 is 14.0 Å². The molecule has 0 aliphatic carbocycles. The number of hydrogen-bond donors (Lipinski definition) is 0. The molecular formula is C34H68O4Si. The monoisotopic (exact) mass is 568 g/mol. The van der Waals surface area contributed by atoms with E-state index in [1.807, 2.05) is 0 Å². The summed E-state index contributed by atoms with van der Waals surface area (Å²) in [5, 5.41) is 0.0295. The minimum atomic E-state index is -2.09. The lowest BCUT2D eigenvalue weighted by molar-refractivity contribution is -0.149. The molecule has 0 aromatic carbocycles. The molecule has 5 heteroatoms. The summed E-state index contributed by atoms with van der Waals surface area (Å²) in [4.78, 5) is 24.0. The highest BCUT2D eigenvalue weighted by Gasteiger charge is 2.42. The van der Waals surface area contributed by atoms with E-state index in [2.05, 4.69) is 40.8 Å². The molecule has 0 aliphatic rings. The van der Waals surface area contributed by atoms with Gasteiger partial charge in [0.1, 0.15) is 6.29 Å². The molecule has 0 fully saturated rings. The van der Waals surface area contributed by atoms with E-state index in [9.17, 15) is 9.59 Å². The van der Waals surface area contributed by atoms with E-state index in [4.69, 9.17) is 9.16 Å². The molecule has 0 heterocycles. The predicted octanol–water partition coefficient (Wildman–Crippen LogP) is 11.0. The van der Waals surface area contributed by atoms with E-state index < -0.39 is 8.32 Å². The molecule has 0 rings (SSSR count). The number of carbonyl (C=O) groups is 2. The Kier molecular flexibility index (Phi) is 23.5. The lowest BCUT2D eigenvalue weighted by Gasteiger charge is -2.40. The lowest BCUT2D eigenvalue weighted by atomic mass is 9.93. The summed E-state index contributed by atoms with van der Waals surface area (Å²) in [6.07, 6.45) is 28.7. The van der Waals surface area contributed by atoms with Gasteiger partial charge in [0.2, 0.25) is 0 Å². The summed E-state index contributed by atoms with van der Waals surface area (Å²) in [7, 11) is -0.648. The molecular weight excluding hydrogens is 500 g/mol.